The van der Waals surface area contributed by atoms with Crippen LogP contribution in [-0.4, -0.2) is 31.9 Å². The van der Waals surface area contributed by atoms with Crippen molar-refractivity contribution in [3.63, 3.8) is 0 Å². The van der Waals surface area contributed by atoms with Crippen LogP contribution >= 0.6 is 11.3 Å². The average molecular weight is 310 g/mol. The van der Waals surface area contributed by atoms with Gasteiger partial charge in [0, 0.05) is 38.0 Å². The minimum atomic E-state index is -0.213. The molecule has 0 aromatic carbocycles. The van der Waals surface area contributed by atoms with Gasteiger partial charge in [-0.25, -0.2) is 4.98 Å². The summed E-state index contributed by atoms with van der Waals surface area (Å²) in [6, 6.07) is 0.437. The monoisotopic (exact) mass is 310 g/mol. The zero-order valence-corrected chi connectivity index (χ0v) is 13.9. The second-order valence-corrected chi connectivity index (χ2v) is 7.12. The fourth-order valence-corrected chi connectivity index (χ4v) is 4.73. The highest BCUT2D eigenvalue weighted by molar-refractivity contribution is 7.11. The Morgan fingerprint density at radius 3 is 2.95 bits per heavy atom. The molecule has 4 nitrogen and oxygen atoms in total. The van der Waals surface area contributed by atoms with Crippen LogP contribution in [0.25, 0.3) is 0 Å². The number of nitrogens with one attached hydrogen (secondary N) is 1. The molecule has 1 atom stereocenters. The summed E-state index contributed by atoms with van der Waals surface area (Å²) in [5.74, 6) is 0. The summed E-state index contributed by atoms with van der Waals surface area (Å²) in [6.45, 7) is 4.83. The highest BCUT2D eigenvalue weighted by Crippen LogP contribution is 2.42. The quantitative estimate of drug-likeness (QED) is 0.907. The topological polar surface area (TPSA) is 43.4 Å². The van der Waals surface area contributed by atoms with E-state index in [1.54, 1.807) is 0 Å². The number of hydrogen-bond acceptors (Lipinski definition) is 5. The Hall–Kier alpha value is -0.490. The number of fused-ring (bicyclic) bond motifs is 1. The third-order valence-corrected chi connectivity index (χ3v) is 5.99. The second kappa shape index (κ2) is 6.73. The van der Waals surface area contributed by atoms with Crippen LogP contribution in [-0.2, 0) is 21.5 Å². The molecule has 1 fully saturated rings. The van der Waals surface area contributed by atoms with Gasteiger partial charge >= 0.3 is 0 Å². The van der Waals surface area contributed by atoms with Gasteiger partial charge in [0.15, 0.2) is 0 Å². The van der Waals surface area contributed by atoms with Crippen molar-refractivity contribution in [2.24, 2.45) is 0 Å². The maximum absolute atomic E-state index is 5.91. The lowest BCUT2D eigenvalue weighted by Crippen LogP contribution is -2.35. The Morgan fingerprint density at radius 1 is 1.43 bits per heavy atom. The molecule has 2 aliphatic rings. The van der Waals surface area contributed by atoms with Gasteiger partial charge in [0.25, 0.3) is 0 Å². The van der Waals surface area contributed by atoms with Crippen LogP contribution in [0.5, 0.6) is 0 Å². The molecule has 1 N–H and O–H groups in total. The van der Waals surface area contributed by atoms with E-state index in [-0.39, 0.29) is 5.60 Å². The fraction of sp³-hybridized carbons (Fsp3) is 0.812. The first kappa shape index (κ1) is 15.4. The van der Waals surface area contributed by atoms with Crippen LogP contribution in [0.2, 0.25) is 0 Å². The lowest BCUT2D eigenvalue weighted by Gasteiger charge is -2.34. The summed E-state index contributed by atoms with van der Waals surface area (Å²) in [5, 5.41) is 4.82. The largest absolute Gasteiger partial charge is 0.381 e. The minimum Gasteiger partial charge on any atom is -0.381 e. The summed E-state index contributed by atoms with van der Waals surface area (Å²) in [5.41, 5.74) is 1.08. The van der Waals surface area contributed by atoms with Crippen LogP contribution in [0, 0.1) is 0 Å². The Labute approximate surface area is 131 Å². The van der Waals surface area contributed by atoms with Gasteiger partial charge < -0.3 is 14.8 Å². The third kappa shape index (κ3) is 3.02. The van der Waals surface area contributed by atoms with E-state index in [2.05, 4.69) is 12.2 Å². The van der Waals surface area contributed by atoms with Crippen molar-refractivity contribution in [2.45, 2.75) is 57.1 Å². The van der Waals surface area contributed by atoms with Gasteiger partial charge in [-0.15, -0.1) is 11.3 Å². The predicted molar refractivity (Wildman–Crippen MR) is 84.8 cm³/mol. The number of thiazole rings is 1. The van der Waals surface area contributed by atoms with Crippen molar-refractivity contribution in [3.05, 3.63) is 15.6 Å². The molecule has 2 heterocycles. The van der Waals surface area contributed by atoms with E-state index in [1.807, 2.05) is 18.4 Å². The van der Waals surface area contributed by atoms with Crippen LogP contribution in [0.15, 0.2) is 0 Å². The molecule has 0 bridgehead atoms. The van der Waals surface area contributed by atoms with Gasteiger partial charge in [0.2, 0.25) is 0 Å². The molecular weight excluding hydrogens is 284 g/mol. The molecule has 1 aliphatic heterocycles. The number of ether oxygens (including phenoxy) is 2. The molecule has 118 valence electrons. The van der Waals surface area contributed by atoms with Gasteiger partial charge in [-0.05, 0) is 32.2 Å². The third-order valence-electron chi connectivity index (χ3n) is 4.68. The highest BCUT2D eigenvalue weighted by atomic mass is 32.1. The average Bonchev–Trinajstić information content (AvgIpc) is 2.99. The molecule has 5 heteroatoms. The second-order valence-electron chi connectivity index (χ2n) is 6.04. The number of methoxy groups -OCH3 is 1. The molecule has 3 rings (SSSR count). The van der Waals surface area contributed by atoms with Crippen molar-refractivity contribution in [1.29, 1.82) is 0 Å². The van der Waals surface area contributed by atoms with Gasteiger partial charge in [-0.1, -0.05) is 6.92 Å². The van der Waals surface area contributed by atoms with Crippen molar-refractivity contribution in [2.75, 3.05) is 26.9 Å². The van der Waals surface area contributed by atoms with Crippen molar-refractivity contribution in [1.82, 2.24) is 10.3 Å². The Kier molecular flexibility index (Phi) is 4.94. The van der Waals surface area contributed by atoms with E-state index in [4.69, 9.17) is 14.5 Å². The standard InChI is InChI=1S/C16H26N2O2S/c1-3-9-17-12-5-4-6-13-14(12)18-15(21-13)16(19-2)7-10-20-11-8-16/h12,17H,3-11H2,1-2H3. The Morgan fingerprint density at radius 2 is 2.24 bits per heavy atom. The number of rotatable bonds is 5. The maximum Gasteiger partial charge on any atom is 0.125 e. The van der Waals surface area contributed by atoms with Crippen LogP contribution < -0.4 is 5.32 Å². The van der Waals surface area contributed by atoms with E-state index < -0.39 is 0 Å². The summed E-state index contributed by atoms with van der Waals surface area (Å²) in [7, 11) is 1.82. The lowest BCUT2D eigenvalue weighted by molar-refractivity contribution is -0.0949. The van der Waals surface area contributed by atoms with Gasteiger partial charge in [0.05, 0.1) is 11.7 Å². The van der Waals surface area contributed by atoms with Crippen molar-refractivity contribution >= 4 is 11.3 Å². The summed E-state index contributed by atoms with van der Waals surface area (Å²) < 4.78 is 11.4. The van der Waals surface area contributed by atoms with E-state index in [0.29, 0.717) is 6.04 Å². The zero-order chi connectivity index (χ0) is 14.7. The lowest BCUT2D eigenvalue weighted by atomic mass is 9.94. The fourth-order valence-electron chi connectivity index (χ4n) is 3.34. The first-order chi connectivity index (χ1) is 10.3. The van der Waals surface area contributed by atoms with Crippen LogP contribution in [0.3, 0.4) is 0 Å². The molecule has 1 aliphatic carbocycles. The molecule has 1 saturated heterocycles. The molecule has 1 aromatic rings. The van der Waals surface area contributed by atoms with Crippen LogP contribution in [0.1, 0.15) is 60.6 Å². The number of aryl methyl sites for hydroxylation is 1. The maximum atomic E-state index is 5.91. The molecule has 1 unspecified atom stereocenters. The van der Waals surface area contributed by atoms with Crippen molar-refractivity contribution < 1.29 is 9.47 Å². The SMILES string of the molecule is CCCNC1CCCc2sc(C3(OC)CCOCC3)nc21. The first-order valence-corrected chi connectivity index (χ1v) is 8.97. The summed E-state index contributed by atoms with van der Waals surface area (Å²) in [4.78, 5) is 6.49. The van der Waals surface area contributed by atoms with Gasteiger partial charge in [0.1, 0.15) is 10.6 Å². The molecule has 0 amide bonds. The van der Waals surface area contributed by atoms with Crippen LogP contribution in [0.4, 0.5) is 0 Å². The molecule has 21 heavy (non-hydrogen) atoms. The Balaban J connectivity index is 1.86. The Bertz CT molecular complexity index is 469. The molecule has 0 radical (unpaired) electrons. The molecular formula is C16H26N2O2S. The van der Waals surface area contributed by atoms with Gasteiger partial charge in [-0.2, -0.15) is 0 Å². The van der Waals surface area contributed by atoms with E-state index in [9.17, 15) is 0 Å². The molecule has 0 saturated carbocycles. The molecule has 1 aromatic heterocycles. The van der Waals surface area contributed by atoms with Gasteiger partial charge in [-0.3, -0.25) is 0 Å². The summed E-state index contributed by atoms with van der Waals surface area (Å²) >= 11 is 1.87. The predicted octanol–water partition coefficient (Wildman–Crippen LogP) is 3.17. The highest BCUT2D eigenvalue weighted by Gasteiger charge is 2.39. The van der Waals surface area contributed by atoms with E-state index in [0.717, 1.165) is 32.6 Å². The number of hydrogen-bond donors (Lipinski definition) is 1. The first-order valence-electron chi connectivity index (χ1n) is 8.15. The normalized spacial score (nSPS) is 24.8. The summed E-state index contributed by atoms with van der Waals surface area (Å²) in [6.07, 6.45) is 6.65. The minimum absolute atomic E-state index is 0.213. The van der Waals surface area contributed by atoms with E-state index in [1.165, 1.54) is 41.3 Å². The van der Waals surface area contributed by atoms with E-state index >= 15 is 0 Å². The smallest absolute Gasteiger partial charge is 0.125 e. The van der Waals surface area contributed by atoms with Crippen molar-refractivity contribution in [3.8, 4) is 0 Å². The molecule has 0 spiro atoms. The number of aromatic nitrogens is 1. The zero-order valence-electron chi connectivity index (χ0n) is 13.1. The number of nitrogens with zero attached hydrogens (tertiary/aromatic N) is 1.